The fourth-order valence-electron chi connectivity index (χ4n) is 1.20. The van der Waals surface area contributed by atoms with Gasteiger partial charge in [0.15, 0.2) is 5.82 Å². The number of hydrogen-bond acceptors (Lipinski definition) is 5. The molecule has 2 N–H and O–H groups in total. The van der Waals surface area contributed by atoms with E-state index in [2.05, 4.69) is 22.1 Å². The van der Waals surface area contributed by atoms with Gasteiger partial charge in [-0.25, -0.2) is 0 Å². The largest absolute Gasteiger partial charge is 0.307 e. The van der Waals surface area contributed by atoms with Gasteiger partial charge in [-0.3, -0.25) is 9.89 Å². The number of thioether (sulfide) groups is 1. The fraction of sp³-hybridized carbons (Fsp3) is 0.273. The molecule has 0 aliphatic carbocycles. The van der Waals surface area contributed by atoms with Gasteiger partial charge in [0.1, 0.15) is 11.6 Å². The van der Waals surface area contributed by atoms with Crippen molar-refractivity contribution in [2.45, 2.75) is 6.42 Å². The summed E-state index contributed by atoms with van der Waals surface area (Å²) < 4.78 is 0. The molecule has 1 aromatic heterocycles. The summed E-state index contributed by atoms with van der Waals surface area (Å²) in [6.45, 7) is 3.55. The second-order valence-electron chi connectivity index (χ2n) is 3.22. The molecular weight excluding hydrogens is 250 g/mol. The topological polar surface area (TPSA) is 105 Å². The molecule has 1 rings (SSSR count). The van der Waals surface area contributed by atoms with Crippen LogP contribution < -0.4 is 5.32 Å². The maximum Gasteiger partial charge on any atom is 0.235 e. The van der Waals surface area contributed by atoms with Gasteiger partial charge in [-0.1, -0.05) is 6.08 Å². The average molecular weight is 261 g/mol. The summed E-state index contributed by atoms with van der Waals surface area (Å²) in [6, 6.07) is 3.84. The molecular formula is C11H11N5OS. The highest BCUT2D eigenvalue weighted by Gasteiger charge is 2.14. The number of nitrogens with zero attached hydrogens (tertiary/aromatic N) is 3. The van der Waals surface area contributed by atoms with Crippen LogP contribution in [0.25, 0.3) is 0 Å². The zero-order valence-electron chi connectivity index (χ0n) is 9.56. The lowest BCUT2D eigenvalue weighted by Crippen LogP contribution is -2.15. The van der Waals surface area contributed by atoms with Crippen molar-refractivity contribution >= 4 is 23.5 Å². The summed E-state index contributed by atoms with van der Waals surface area (Å²) in [5.41, 5.74) is 0.618. The molecule has 18 heavy (non-hydrogen) atoms. The van der Waals surface area contributed by atoms with Gasteiger partial charge in [0, 0.05) is 5.75 Å². The maximum absolute atomic E-state index is 11.5. The van der Waals surface area contributed by atoms with Gasteiger partial charge in [0.25, 0.3) is 0 Å². The first kappa shape index (κ1) is 13.8. The van der Waals surface area contributed by atoms with E-state index in [9.17, 15) is 4.79 Å². The minimum absolute atomic E-state index is 0.0526. The molecule has 1 heterocycles. The molecule has 1 amide bonds. The van der Waals surface area contributed by atoms with E-state index in [1.807, 2.05) is 12.1 Å². The summed E-state index contributed by atoms with van der Waals surface area (Å²) in [4.78, 5) is 11.5. The Balaban J connectivity index is 2.68. The highest BCUT2D eigenvalue weighted by atomic mass is 32.2. The Labute approximate surface area is 109 Å². The molecule has 6 nitrogen and oxygen atoms in total. The van der Waals surface area contributed by atoms with E-state index in [-0.39, 0.29) is 29.5 Å². The number of nitrogens with one attached hydrogen (secondary N) is 2. The van der Waals surface area contributed by atoms with Crippen LogP contribution in [0.4, 0.5) is 5.82 Å². The first-order valence-electron chi connectivity index (χ1n) is 5.05. The standard InChI is InChI=1S/C11H11N5OS/c1-2-5-18-7-10(17)14-11-8(6-13)9(3-4-12)15-16-11/h2H,1,3,5,7H2,(H2,14,15,16,17). The number of nitriles is 2. The van der Waals surface area contributed by atoms with Crippen LogP contribution in [0, 0.1) is 22.7 Å². The van der Waals surface area contributed by atoms with Crippen LogP contribution in [0.1, 0.15) is 11.3 Å². The third kappa shape index (κ3) is 3.65. The van der Waals surface area contributed by atoms with Crippen molar-refractivity contribution < 1.29 is 4.79 Å². The third-order valence-electron chi connectivity index (χ3n) is 1.94. The highest BCUT2D eigenvalue weighted by molar-refractivity contribution is 8.00. The molecule has 0 saturated heterocycles. The van der Waals surface area contributed by atoms with E-state index in [1.54, 1.807) is 6.08 Å². The summed E-state index contributed by atoms with van der Waals surface area (Å²) in [5.74, 6) is 0.871. The van der Waals surface area contributed by atoms with E-state index in [1.165, 1.54) is 11.8 Å². The average Bonchev–Trinajstić information content (AvgIpc) is 2.72. The zero-order valence-corrected chi connectivity index (χ0v) is 10.4. The summed E-state index contributed by atoms with van der Waals surface area (Å²) in [6.07, 6.45) is 1.76. The Morgan fingerprint density at radius 1 is 1.61 bits per heavy atom. The minimum atomic E-state index is -0.242. The van der Waals surface area contributed by atoms with Gasteiger partial charge in [0.05, 0.1) is 23.9 Å². The number of aromatic nitrogens is 2. The molecule has 0 aliphatic heterocycles. The van der Waals surface area contributed by atoms with E-state index < -0.39 is 0 Å². The molecule has 0 radical (unpaired) electrons. The molecule has 92 valence electrons. The number of carbonyl (C=O) groups is 1. The lowest BCUT2D eigenvalue weighted by atomic mass is 10.2. The fourth-order valence-corrected chi connectivity index (χ4v) is 1.74. The van der Waals surface area contributed by atoms with Gasteiger partial charge >= 0.3 is 0 Å². The molecule has 7 heteroatoms. The molecule has 1 aromatic rings. The molecule has 0 spiro atoms. The van der Waals surface area contributed by atoms with Crippen LogP contribution in [0.5, 0.6) is 0 Å². The number of H-pyrrole nitrogens is 1. The van der Waals surface area contributed by atoms with Crippen molar-refractivity contribution in [1.82, 2.24) is 10.2 Å². The first-order chi connectivity index (χ1) is 8.72. The molecule has 0 fully saturated rings. The van der Waals surface area contributed by atoms with Gasteiger partial charge in [-0.15, -0.1) is 18.3 Å². The molecule has 0 bridgehead atoms. The predicted molar refractivity (Wildman–Crippen MR) is 68.8 cm³/mol. The van der Waals surface area contributed by atoms with Crippen molar-refractivity contribution in [3.05, 3.63) is 23.9 Å². The van der Waals surface area contributed by atoms with E-state index in [0.717, 1.165) is 0 Å². The second kappa shape index (κ2) is 7.15. The Morgan fingerprint density at radius 2 is 2.39 bits per heavy atom. The maximum atomic E-state index is 11.5. The van der Waals surface area contributed by atoms with E-state index in [4.69, 9.17) is 10.5 Å². The van der Waals surface area contributed by atoms with Crippen molar-refractivity contribution in [2.75, 3.05) is 16.8 Å². The third-order valence-corrected chi connectivity index (χ3v) is 2.87. The monoisotopic (exact) mass is 261 g/mol. The number of carbonyl (C=O) groups excluding carboxylic acids is 1. The highest BCUT2D eigenvalue weighted by Crippen LogP contribution is 2.16. The summed E-state index contributed by atoms with van der Waals surface area (Å²) in [5, 5.41) is 26.4. The minimum Gasteiger partial charge on any atom is -0.307 e. The Kier molecular flexibility index (Phi) is 5.49. The van der Waals surface area contributed by atoms with Crippen LogP contribution >= 0.6 is 11.8 Å². The number of hydrogen-bond donors (Lipinski definition) is 2. The van der Waals surface area contributed by atoms with Crippen molar-refractivity contribution in [3.63, 3.8) is 0 Å². The number of amides is 1. The van der Waals surface area contributed by atoms with Crippen LogP contribution in [0.2, 0.25) is 0 Å². The molecule has 0 saturated carbocycles. The summed E-state index contributed by atoms with van der Waals surface area (Å²) >= 11 is 1.41. The molecule has 0 aliphatic rings. The number of anilines is 1. The zero-order chi connectivity index (χ0) is 13.4. The van der Waals surface area contributed by atoms with Gasteiger partial charge in [0.2, 0.25) is 5.91 Å². The second-order valence-corrected chi connectivity index (χ2v) is 4.25. The van der Waals surface area contributed by atoms with Crippen LogP contribution in [0.15, 0.2) is 12.7 Å². The normalized spacial score (nSPS) is 9.22. The Bertz CT molecular complexity index is 523. The van der Waals surface area contributed by atoms with Gasteiger partial charge < -0.3 is 5.32 Å². The van der Waals surface area contributed by atoms with Crippen molar-refractivity contribution in [1.29, 1.82) is 10.5 Å². The smallest absolute Gasteiger partial charge is 0.235 e. The van der Waals surface area contributed by atoms with E-state index >= 15 is 0 Å². The van der Waals surface area contributed by atoms with Crippen molar-refractivity contribution in [2.24, 2.45) is 0 Å². The van der Waals surface area contributed by atoms with Crippen LogP contribution in [0.3, 0.4) is 0 Å². The van der Waals surface area contributed by atoms with Crippen LogP contribution in [-0.2, 0) is 11.2 Å². The van der Waals surface area contributed by atoms with Crippen LogP contribution in [-0.4, -0.2) is 27.6 Å². The Morgan fingerprint density at radius 3 is 3.00 bits per heavy atom. The molecule has 0 aromatic carbocycles. The predicted octanol–water partition coefficient (Wildman–Crippen LogP) is 1.21. The van der Waals surface area contributed by atoms with E-state index in [0.29, 0.717) is 11.4 Å². The molecule has 0 atom stereocenters. The first-order valence-corrected chi connectivity index (χ1v) is 6.21. The lowest BCUT2D eigenvalue weighted by molar-refractivity contribution is -0.113. The number of aromatic amines is 1. The molecule has 0 unspecified atom stereocenters. The van der Waals surface area contributed by atoms with Crippen molar-refractivity contribution in [3.8, 4) is 12.1 Å². The summed E-state index contributed by atoms with van der Waals surface area (Å²) in [7, 11) is 0. The van der Waals surface area contributed by atoms with Gasteiger partial charge in [-0.05, 0) is 0 Å². The SMILES string of the molecule is C=CCSCC(=O)Nc1n[nH]c(CC#N)c1C#N. The lowest BCUT2D eigenvalue weighted by Gasteiger charge is -2.00. The quantitative estimate of drug-likeness (QED) is 0.591. The van der Waals surface area contributed by atoms with Gasteiger partial charge in [-0.2, -0.15) is 15.6 Å². The number of rotatable bonds is 6. The Hall–Kier alpha value is -2.25.